The van der Waals surface area contributed by atoms with E-state index in [0.29, 0.717) is 22.9 Å². The molecule has 5 rings (SSSR count). The van der Waals surface area contributed by atoms with Gasteiger partial charge in [-0.15, -0.1) is 0 Å². The number of nitrogens with zero attached hydrogens (tertiary/aromatic N) is 1. The standard InChI is InChI=1S/C28H22F3N3O5S2/c1-18-9-14-25-24(15-18)23-7-2-3-8-26(23)41(38,39)34(25)17-27(35)32-20-10-12-22(13-11-20)40(36,37)33-21-6-4-5-19(16-21)28(29,30)31/h2-16,33H,17H2,1H3,(H,32,35). The maximum Gasteiger partial charge on any atom is 0.416 e. The van der Waals surface area contributed by atoms with Crippen molar-refractivity contribution in [3.63, 3.8) is 0 Å². The number of nitrogens with one attached hydrogen (secondary N) is 2. The van der Waals surface area contributed by atoms with Gasteiger partial charge in [0, 0.05) is 22.5 Å². The van der Waals surface area contributed by atoms with Crippen molar-refractivity contribution in [3.05, 3.63) is 102 Å². The smallest absolute Gasteiger partial charge is 0.325 e. The van der Waals surface area contributed by atoms with Crippen LogP contribution < -0.4 is 14.3 Å². The number of benzene rings is 4. The van der Waals surface area contributed by atoms with Crippen molar-refractivity contribution in [2.45, 2.75) is 22.9 Å². The molecule has 8 nitrogen and oxygen atoms in total. The molecule has 1 aliphatic heterocycles. The molecule has 212 valence electrons. The third-order valence-corrected chi connectivity index (χ3v) is 9.56. The number of fused-ring (bicyclic) bond motifs is 3. The fraction of sp³-hybridized carbons (Fsp3) is 0.107. The molecule has 41 heavy (non-hydrogen) atoms. The quantitative estimate of drug-likeness (QED) is 0.298. The van der Waals surface area contributed by atoms with Crippen LogP contribution in [0.25, 0.3) is 11.1 Å². The maximum atomic E-state index is 13.4. The van der Waals surface area contributed by atoms with E-state index in [2.05, 4.69) is 10.0 Å². The molecular weight excluding hydrogens is 579 g/mol. The summed E-state index contributed by atoms with van der Waals surface area (Å²) in [5, 5.41) is 2.56. The van der Waals surface area contributed by atoms with Crippen molar-refractivity contribution >= 4 is 43.0 Å². The summed E-state index contributed by atoms with van der Waals surface area (Å²) in [7, 11) is -8.29. The van der Waals surface area contributed by atoms with Crippen LogP contribution in [0.2, 0.25) is 0 Å². The van der Waals surface area contributed by atoms with Crippen LogP contribution in [0.3, 0.4) is 0 Å². The third-order valence-electron chi connectivity index (χ3n) is 6.34. The summed E-state index contributed by atoms with van der Waals surface area (Å²) in [4.78, 5) is 12.8. The molecule has 0 saturated carbocycles. The second-order valence-corrected chi connectivity index (χ2v) is 12.8. The first-order valence-corrected chi connectivity index (χ1v) is 15.0. The summed E-state index contributed by atoms with van der Waals surface area (Å²) in [5.74, 6) is -0.669. The lowest BCUT2D eigenvalue weighted by Crippen LogP contribution is -2.40. The number of anilines is 3. The Kier molecular flexibility index (Phi) is 7.03. The van der Waals surface area contributed by atoms with Crippen molar-refractivity contribution in [1.29, 1.82) is 0 Å². The summed E-state index contributed by atoms with van der Waals surface area (Å²) in [6.45, 7) is 1.34. The number of halogens is 3. The molecule has 0 bridgehead atoms. The summed E-state index contributed by atoms with van der Waals surface area (Å²) < 4.78 is 94.3. The molecule has 4 aromatic rings. The van der Waals surface area contributed by atoms with Crippen LogP contribution in [0.4, 0.5) is 30.2 Å². The number of hydrogen-bond acceptors (Lipinski definition) is 5. The van der Waals surface area contributed by atoms with Gasteiger partial charge in [-0.25, -0.2) is 16.8 Å². The van der Waals surface area contributed by atoms with Gasteiger partial charge in [0.05, 0.1) is 21.0 Å². The zero-order chi connectivity index (χ0) is 29.6. The van der Waals surface area contributed by atoms with E-state index in [9.17, 15) is 34.8 Å². The minimum atomic E-state index is -4.64. The van der Waals surface area contributed by atoms with Crippen molar-refractivity contribution in [2.24, 2.45) is 0 Å². The largest absolute Gasteiger partial charge is 0.416 e. The molecule has 1 amide bonds. The third kappa shape index (κ3) is 5.63. The predicted octanol–water partition coefficient (Wildman–Crippen LogP) is 5.63. The average Bonchev–Trinajstić information content (AvgIpc) is 2.91. The molecule has 0 spiro atoms. The topological polar surface area (TPSA) is 113 Å². The fourth-order valence-electron chi connectivity index (χ4n) is 4.44. The second-order valence-electron chi connectivity index (χ2n) is 9.29. The molecule has 0 atom stereocenters. The van der Waals surface area contributed by atoms with Crippen LogP contribution in [-0.2, 0) is 31.0 Å². The SMILES string of the molecule is Cc1ccc2c(c1)-c1ccccc1S(=O)(=O)N2CC(=O)Nc1ccc(S(=O)(=O)Nc2cccc(C(F)(F)F)c2)cc1. The zero-order valence-electron chi connectivity index (χ0n) is 21.3. The van der Waals surface area contributed by atoms with Gasteiger partial charge in [-0.1, -0.05) is 35.9 Å². The highest BCUT2D eigenvalue weighted by Gasteiger charge is 2.36. The van der Waals surface area contributed by atoms with Gasteiger partial charge in [-0.2, -0.15) is 13.2 Å². The number of alkyl halides is 3. The Morgan fingerprint density at radius 2 is 1.56 bits per heavy atom. The summed E-state index contributed by atoms with van der Waals surface area (Å²) in [6.07, 6.45) is -4.64. The van der Waals surface area contributed by atoms with Gasteiger partial charge in [0.2, 0.25) is 5.91 Å². The van der Waals surface area contributed by atoms with Gasteiger partial charge in [-0.05, 0) is 67.6 Å². The molecule has 0 aliphatic carbocycles. The van der Waals surface area contributed by atoms with Crippen LogP contribution in [0, 0.1) is 6.92 Å². The lowest BCUT2D eigenvalue weighted by atomic mass is 10.0. The highest BCUT2D eigenvalue weighted by Crippen LogP contribution is 2.43. The average molecular weight is 602 g/mol. The molecule has 0 fully saturated rings. The molecule has 13 heteroatoms. The van der Waals surface area contributed by atoms with Crippen molar-refractivity contribution in [2.75, 3.05) is 20.9 Å². The van der Waals surface area contributed by atoms with Gasteiger partial charge in [-0.3, -0.25) is 13.8 Å². The van der Waals surface area contributed by atoms with E-state index in [1.54, 1.807) is 30.3 Å². The highest BCUT2D eigenvalue weighted by atomic mass is 32.2. The fourth-order valence-corrected chi connectivity index (χ4v) is 7.14. The summed E-state index contributed by atoms with van der Waals surface area (Å²) >= 11 is 0. The number of aryl methyl sites for hydroxylation is 1. The Labute approximate surface area is 234 Å². The van der Waals surface area contributed by atoms with E-state index in [-0.39, 0.29) is 21.2 Å². The van der Waals surface area contributed by atoms with Gasteiger partial charge >= 0.3 is 6.18 Å². The maximum absolute atomic E-state index is 13.4. The lowest BCUT2D eigenvalue weighted by molar-refractivity contribution is -0.137. The first-order valence-electron chi connectivity index (χ1n) is 12.1. The Morgan fingerprint density at radius 1 is 0.854 bits per heavy atom. The molecule has 0 saturated heterocycles. The van der Waals surface area contributed by atoms with E-state index in [4.69, 9.17) is 0 Å². The van der Waals surface area contributed by atoms with E-state index >= 15 is 0 Å². The molecule has 0 unspecified atom stereocenters. The number of carbonyl (C=O) groups is 1. The second kappa shape index (κ2) is 10.2. The van der Waals surface area contributed by atoms with Crippen LogP contribution in [0.1, 0.15) is 11.1 Å². The Balaban J connectivity index is 1.33. The summed E-state index contributed by atoms with van der Waals surface area (Å²) in [6, 6.07) is 20.4. The lowest BCUT2D eigenvalue weighted by Gasteiger charge is -2.31. The molecule has 2 N–H and O–H groups in total. The normalized spacial score (nSPS) is 14.1. The van der Waals surface area contributed by atoms with E-state index in [1.807, 2.05) is 13.0 Å². The van der Waals surface area contributed by atoms with E-state index in [1.165, 1.54) is 24.3 Å². The number of hydrogen-bond donors (Lipinski definition) is 2. The molecule has 1 aliphatic rings. The minimum Gasteiger partial charge on any atom is -0.325 e. The zero-order valence-corrected chi connectivity index (χ0v) is 22.9. The van der Waals surface area contributed by atoms with Gasteiger partial charge < -0.3 is 5.32 Å². The van der Waals surface area contributed by atoms with Gasteiger partial charge in [0.15, 0.2) is 0 Å². The van der Waals surface area contributed by atoms with Gasteiger partial charge in [0.25, 0.3) is 20.0 Å². The monoisotopic (exact) mass is 601 g/mol. The number of amides is 1. The van der Waals surface area contributed by atoms with Crippen LogP contribution in [-0.4, -0.2) is 29.3 Å². The summed E-state index contributed by atoms with van der Waals surface area (Å²) in [5.41, 5.74) is 1.40. The number of sulfonamides is 2. The van der Waals surface area contributed by atoms with E-state index in [0.717, 1.165) is 34.1 Å². The van der Waals surface area contributed by atoms with Crippen molar-refractivity contribution < 1.29 is 34.8 Å². The Hall–Kier alpha value is -4.36. The van der Waals surface area contributed by atoms with Crippen molar-refractivity contribution in [3.8, 4) is 11.1 Å². The first-order chi connectivity index (χ1) is 19.3. The van der Waals surface area contributed by atoms with Crippen LogP contribution in [0.5, 0.6) is 0 Å². The Bertz CT molecular complexity index is 1870. The molecule has 1 heterocycles. The van der Waals surface area contributed by atoms with E-state index < -0.39 is 44.2 Å². The first kappa shape index (κ1) is 28.2. The number of rotatable bonds is 6. The molecule has 4 aromatic carbocycles. The highest BCUT2D eigenvalue weighted by molar-refractivity contribution is 7.93. The molecule has 0 aromatic heterocycles. The van der Waals surface area contributed by atoms with Crippen LogP contribution in [0.15, 0.2) is 101 Å². The Morgan fingerprint density at radius 3 is 2.27 bits per heavy atom. The van der Waals surface area contributed by atoms with Crippen LogP contribution >= 0.6 is 0 Å². The molecular formula is C28H22F3N3O5S2. The minimum absolute atomic E-state index is 0.0775. The number of carbonyl (C=O) groups excluding carboxylic acids is 1. The molecule has 0 radical (unpaired) electrons. The van der Waals surface area contributed by atoms with Crippen molar-refractivity contribution in [1.82, 2.24) is 0 Å². The van der Waals surface area contributed by atoms with Gasteiger partial charge in [0.1, 0.15) is 6.54 Å². The predicted molar refractivity (Wildman–Crippen MR) is 148 cm³/mol.